The van der Waals surface area contributed by atoms with Crippen LogP contribution in [0.25, 0.3) is 0 Å². The maximum atomic E-state index is 8.88. The Morgan fingerprint density at radius 3 is 1.09 bits per heavy atom. The quantitative estimate of drug-likeness (QED) is 0.293. The zero-order chi connectivity index (χ0) is 8.08. The average Bonchev–Trinajstić information content (AvgIpc) is 1.19. The van der Waals surface area contributed by atoms with Gasteiger partial charge in [0.2, 0.25) is 0 Å². The summed E-state index contributed by atoms with van der Waals surface area (Å²) in [6.07, 6.45) is 0. The molecular formula is H3K2O7PTi. The molecule has 11 heavy (non-hydrogen) atoms. The zero-order valence-corrected chi connectivity index (χ0v) is 14.6. The van der Waals surface area contributed by atoms with Gasteiger partial charge in [-0.25, -0.2) is 4.57 Å². The van der Waals surface area contributed by atoms with Gasteiger partial charge in [0, 0.05) is 0 Å². The summed E-state index contributed by atoms with van der Waals surface area (Å²) >= 11 is -4.08. The first-order valence-electron chi connectivity index (χ1n) is 1.39. The second-order valence-corrected chi connectivity index (χ2v) is 2.57. The number of hydrogen-bond donors (Lipinski definition) is 3. The molecule has 0 saturated carbocycles. The molecule has 0 radical (unpaired) electrons. The summed E-state index contributed by atoms with van der Waals surface area (Å²) in [6, 6.07) is 0. The Hall–Kier alpha value is 3.82. The van der Waals surface area contributed by atoms with Crippen LogP contribution < -0.4 is 110 Å². The Morgan fingerprint density at radius 1 is 1.09 bits per heavy atom. The molecule has 0 aliphatic carbocycles. The topological polar surface area (TPSA) is 141 Å². The molecule has 0 heterocycles. The molecule has 0 aliphatic rings. The van der Waals surface area contributed by atoms with Crippen molar-refractivity contribution in [2.45, 2.75) is 0 Å². The van der Waals surface area contributed by atoms with Gasteiger partial charge >= 0.3 is 140 Å². The fourth-order valence-electron chi connectivity index (χ4n) is 0. The van der Waals surface area contributed by atoms with E-state index < -0.39 is 26.4 Å². The minimum atomic E-state index is -4.64. The molecule has 0 bridgehead atoms. The first-order valence-corrected chi connectivity index (χ1v) is 4.87. The second-order valence-electron chi connectivity index (χ2n) is 0.763. The SMILES string of the molecule is O=P(O)(O)O.[K+].[K+].[O]=[Ti]([O-])[O-]. The molecule has 0 atom stereocenters. The van der Waals surface area contributed by atoms with Crippen molar-refractivity contribution in [3.8, 4) is 0 Å². The average molecular weight is 272 g/mol. The molecule has 0 fully saturated rings. The third kappa shape index (κ3) is 132. The van der Waals surface area contributed by atoms with Crippen LogP contribution in [-0.2, 0) is 26.5 Å². The molecule has 56 valence electrons. The van der Waals surface area contributed by atoms with Gasteiger partial charge in [-0.2, -0.15) is 0 Å². The van der Waals surface area contributed by atoms with Gasteiger partial charge in [-0.1, -0.05) is 0 Å². The van der Waals surface area contributed by atoms with Crippen LogP contribution in [0.3, 0.4) is 0 Å². The molecule has 11 heteroatoms. The molecule has 0 spiro atoms. The Kier molecular flexibility index (Phi) is 30.4. The molecule has 0 amide bonds. The van der Waals surface area contributed by atoms with Gasteiger partial charge < -0.3 is 14.7 Å². The van der Waals surface area contributed by atoms with Crippen molar-refractivity contribution in [3.05, 3.63) is 0 Å². The summed E-state index contributed by atoms with van der Waals surface area (Å²) in [6.45, 7) is 0. The van der Waals surface area contributed by atoms with Crippen molar-refractivity contribution in [2.75, 3.05) is 0 Å². The molecule has 0 rings (SSSR count). The van der Waals surface area contributed by atoms with Crippen LogP contribution in [0.2, 0.25) is 0 Å². The van der Waals surface area contributed by atoms with Gasteiger partial charge in [-0.15, -0.1) is 0 Å². The molecule has 0 aromatic carbocycles. The van der Waals surface area contributed by atoms with Gasteiger partial charge in [-0.05, 0) is 0 Å². The van der Waals surface area contributed by atoms with Gasteiger partial charge in [0.1, 0.15) is 0 Å². The molecule has 7 nitrogen and oxygen atoms in total. The number of phosphoric acid groups is 1. The van der Waals surface area contributed by atoms with E-state index in [1.165, 1.54) is 0 Å². The first-order chi connectivity index (χ1) is 3.73. The van der Waals surface area contributed by atoms with E-state index in [4.69, 9.17) is 29.9 Å². The third-order valence-corrected chi connectivity index (χ3v) is 0. The van der Waals surface area contributed by atoms with Gasteiger partial charge in [0.05, 0.1) is 0 Å². The summed E-state index contributed by atoms with van der Waals surface area (Å²) in [4.78, 5) is 21.6. The molecular weight excluding hydrogens is 269 g/mol. The Morgan fingerprint density at radius 2 is 1.09 bits per heavy atom. The predicted molar refractivity (Wildman–Crippen MR) is 14.9 cm³/mol. The van der Waals surface area contributed by atoms with E-state index in [9.17, 15) is 0 Å². The van der Waals surface area contributed by atoms with Crippen LogP contribution in [0.1, 0.15) is 0 Å². The van der Waals surface area contributed by atoms with E-state index in [0.29, 0.717) is 0 Å². The Labute approximate surface area is 155 Å². The molecule has 0 unspecified atom stereocenters. The number of rotatable bonds is 0. The first kappa shape index (κ1) is 24.2. The maximum absolute atomic E-state index is 8.88. The van der Waals surface area contributed by atoms with Crippen LogP contribution in [0.15, 0.2) is 0 Å². The molecule has 0 aromatic heterocycles. The monoisotopic (exact) mass is 272 g/mol. The summed E-state index contributed by atoms with van der Waals surface area (Å²) < 4.78 is 34.6. The van der Waals surface area contributed by atoms with Crippen LogP contribution in [0, 0.1) is 0 Å². The van der Waals surface area contributed by atoms with E-state index in [1.807, 2.05) is 0 Å². The zero-order valence-electron chi connectivity index (χ0n) is 5.92. The summed E-state index contributed by atoms with van der Waals surface area (Å²) in [5, 5.41) is 0. The van der Waals surface area contributed by atoms with E-state index in [0.717, 1.165) is 0 Å². The normalized spacial score (nSPS) is 7.73. The molecule has 0 saturated heterocycles. The molecule has 0 aromatic rings. The van der Waals surface area contributed by atoms with Crippen LogP contribution in [-0.4, -0.2) is 14.7 Å². The Bertz CT molecular complexity index is 116. The van der Waals surface area contributed by atoms with Gasteiger partial charge in [-0.3, -0.25) is 0 Å². The van der Waals surface area contributed by atoms with E-state index in [2.05, 4.69) is 0 Å². The van der Waals surface area contributed by atoms with Crippen LogP contribution in [0.4, 0.5) is 0 Å². The van der Waals surface area contributed by atoms with Crippen molar-refractivity contribution < 1.29 is 151 Å². The Balaban J connectivity index is -0.0000000383. The molecule has 3 N–H and O–H groups in total. The predicted octanol–water partition coefficient (Wildman–Crippen LogP) is -9.42. The number of hydrogen-bond acceptors (Lipinski definition) is 4. The van der Waals surface area contributed by atoms with Gasteiger partial charge in [0.15, 0.2) is 0 Å². The summed E-state index contributed by atoms with van der Waals surface area (Å²) in [7, 11) is -4.64. The van der Waals surface area contributed by atoms with Crippen molar-refractivity contribution in [1.82, 2.24) is 0 Å². The summed E-state index contributed by atoms with van der Waals surface area (Å²) in [5.74, 6) is 0. The standard InChI is InChI=1S/2K.H3O4P.3O.Ti/c;;1-5(2,3)4;;;;/h;;(H3,1,2,3,4);;;;/q2*+1;;;2*-1;. The van der Waals surface area contributed by atoms with Crippen molar-refractivity contribution in [3.63, 3.8) is 0 Å². The van der Waals surface area contributed by atoms with E-state index >= 15 is 0 Å². The van der Waals surface area contributed by atoms with E-state index in [1.54, 1.807) is 0 Å². The van der Waals surface area contributed by atoms with Crippen molar-refractivity contribution in [2.24, 2.45) is 0 Å². The van der Waals surface area contributed by atoms with Crippen molar-refractivity contribution in [1.29, 1.82) is 0 Å². The van der Waals surface area contributed by atoms with Crippen molar-refractivity contribution >= 4 is 7.82 Å². The summed E-state index contributed by atoms with van der Waals surface area (Å²) in [5.41, 5.74) is 0. The fraction of sp³-hybridized carbons (Fsp3) is 0. The minimum absolute atomic E-state index is 0. The third-order valence-electron chi connectivity index (χ3n) is 0. The van der Waals surface area contributed by atoms with Gasteiger partial charge in [0.25, 0.3) is 0 Å². The molecule has 0 aliphatic heterocycles. The van der Waals surface area contributed by atoms with E-state index in [-0.39, 0.29) is 103 Å². The fourth-order valence-corrected chi connectivity index (χ4v) is 0. The second kappa shape index (κ2) is 13.8. The van der Waals surface area contributed by atoms with Crippen LogP contribution in [0.5, 0.6) is 0 Å². The van der Waals surface area contributed by atoms with Crippen LogP contribution >= 0.6 is 7.82 Å².